The third-order valence-electron chi connectivity index (χ3n) is 9.40. The fourth-order valence-corrected chi connectivity index (χ4v) is 7.21. The molecule has 3 aromatic rings. The summed E-state index contributed by atoms with van der Waals surface area (Å²) in [4.78, 5) is 31.3. The number of cyclic esters (lactones) is 1. The number of hydrogen-bond donors (Lipinski definition) is 0. The first kappa shape index (κ1) is 18.4. The fourth-order valence-electron chi connectivity index (χ4n) is 7.21. The van der Waals surface area contributed by atoms with Gasteiger partial charge in [0.15, 0.2) is 0 Å². The number of carbonyl (C=O) groups is 1. The summed E-state index contributed by atoms with van der Waals surface area (Å²) >= 11 is 0. The molecule has 0 amide bonds. The molecule has 2 atom stereocenters. The van der Waals surface area contributed by atoms with E-state index in [-0.39, 0.29) is 35.3 Å². The fraction of sp³-hybridized carbons (Fsp3) is 0.444. The van der Waals surface area contributed by atoms with Crippen LogP contribution in [0.1, 0.15) is 66.0 Å². The highest BCUT2D eigenvalue weighted by Gasteiger charge is 2.63. The maximum Gasteiger partial charge on any atom is 0.317 e. The minimum absolute atomic E-state index is 0.0405. The van der Waals surface area contributed by atoms with E-state index < -0.39 is 5.41 Å². The SMILES string of the molecule is Cc1c(F)cc2nc3c(c4c2c1CCC41CC1)Cn1c-3cc2c(c1=O)COC(=O)C21CC1C. The van der Waals surface area contributed by atoms with Gasteiger partial charge in [0.1, 0.15) is 12.4 Å². The zero-order valence-corrected chi connectivity index (χ0v) is 18.7. The number of rotatable bonds is 0. The molecule has 2 fully saturated rings. The number of halogens is 1. The normalized spacial score (nSPS) is 26.9. The van der Waals surface area contributed by atoms with E-state index in [2.05, 4.69) is 0 Å². The number of fused-ring (bicyclic) bond motifs is 7. The Morgan fingerprint density at radius 3 is 2.67 bits per heavy atom. The highest BCUT2D eigenvalue weighted by molar-refractivity contribution is 5.94. The van der Waals surface area contributed by atoms with E-state index in [1.165, 1.54) is 5.56 Å². The van der Waals surface area contributed by atoms with Crippen molar-refractivity contribution in [1.29, 1.82) is 0 Å². The molecular weight excluding hydrogens is 419 g/mol. The molecule has 5 aliphatic rings. The van der Waals surface area contributed by atoms with E-state index in [0.29, 0.717) is 24.0 Å². The van der Waals surface area contributed by atoms with Gasteiger partial charge in [-0.05, 0) is 78.7 Å². The van der Waals surface area contributed by atoms with Gasteiger partial charge in [0, 0.05) is 17.0 Å². The van der Waals surface area contributed by atoms with Gasteiger partial charge in [-0.2, -0.15) is 0 Å². The van der Waals surface area contributed by atoms with Crippen molar-refractivity contribution in [2.24, 2.45) is 5.92 Å². The maximum absolute atomic E-state index is 14.8. The quantitative estimate of drug-likeness (QED) is 0.383. The van der Waals surface area contributed by atoms with Crippen molar-refractivity contribution in [3.05, 3.63) is 61.7 Å². The van der Waals surface area contributed by atoms with E-state index in [1.54, 1.807) is 10.6 Å². The Labute approximate surface area is 189 Å². The van der Waals surface area contributed by atoms with Crippen LogP contribution < -0.4 is 5.56 Å². The zero-order valence-electron chi connectivity index (χ0n) is 18.7. The lowest BCUT2D eigenvalue weighted by atomic mass is 9.76. The number of ether oxygens (including phenoxy) is 1. The van der Waals surface area contributed by atoms with Gasteiger partial charge in [-0.3, -0.25) is 9.59 Å². The Morgan fingerprint density at radius 1 is 1.15 bits per heavy atom. The summed E-state index contributed by atoms with van der Waals surface area (Å²) in [6.45, 7) is 4.43. The molecule has 2 unspecified atom stereocenters. The van der Waals surface area contributed by atoms with Gasteiger partial charge in [0.2, 0.25) is 0 Å². The summed E-state index contributed by atoms with van der Waals surface area (Å²) < 4.78 is 22.1. The summed E-state index contributed by atoms with van der Waals surface area (Å²) in [6, 6.07) is 3.59. The van der Waals surface area contributed by atoms with Crippen LogP contribution in [-0.4, -0.2) is 15.5 Å². The number of esters is 1. The molecule has 166 valence electrons. The molecular formula is C27H23FN2O3. The lowest BCUT2D eigenvalue weighted by molar-refractivity contribution is -0.150. The Bertz CT molecular complexity index is 1560. The predicted octanol–water partition coefficient (Wildman–Crippen LogP) is 4.18. The van der Waals surface area contributed by atoms with Gasteiger partial charge in [-0.15, -0.1) is 0 Å². The van der Waals surface area contributed by atoms with Gasteiger partial charge in [0.05, 0.1) is 34.4 Å². The van der Waals surface area contributed by atoms with Gasteiger partial charge >= 0.3 is 5.97 Å². The predicted molar refractivity (Wildman–Crippen MR) is 120 cm³/mol. The lowest BCUT2D eigenvalue weighted by Gasteiger charge is -2.29. The molecule has 6 heteroatoms. The van der Waals surface area contributed by atoms with Crippen LogP contribution in [0.3, 0.4) is 0 Å². The molecule has 5 nitrogen and oxygen atoms in total. The van der Waals surface area contributed by atoms with Gasteiger partial charge < -0.3 is 9.30 Å². The van der Waals surface area contributed by atoms with Crippen molar-refractivity contribution in [1.82, 2.24) is 9.55 Å². The molecule has 0 bridgehead atoms. The molecule has 8 rings (SSSR count). The molecule has 2 aromatic heterocycles. The van der Waals surface area contributed by atoms with E-state index in [9.17, 15) is 14.0 Å². The van der Waals surface area contributed by atoms with Crippen LogP contribution >= 0.6 is 0 Å². The van der Waals surface area contributed by atoms with Gasteiger partial charge in [-0.1, -0.05) is 6.92 Å². The Kier molecular flexibility index (Phi) is 3.00. The first-order valence-electron chi connectivity index (χ1n) is 12.0. The third kappa shape index (κ3) is 1.95. The summed E-state index contributed by atoms with van der Waals surface area (Å²) in [5.41, 5.74) is 7.29. The second-order valence-electron chi connectivity index (χ2n) is 10.9. The second kappa shape index (κ2) is 5.37. The van der Waals surface area contributed by atoms with Crippen LogP contribution in [0.25, 0.3) is 22.3 Å². The molecule has 2 saturated carbocycles. The van der Waals surface area contributed by atoms with Crippen LogP contribution in [-0.2, 0) is 39.9 Å². The van der Waals surface area contributed by atoms with Crippen molar-refractivity contribution in [2.45, 2.75) is 69.9 Å². The van der Waals surface area contributed by atoms with E-state index in [1.807, 2.05) is 19.9 Å². The van der Waals surface area contributed by atoms with Gasteiger partial charge in [0.25, 0.3) is 5.56 Å². The summed E-state index contributed by atoms with van der Waals surface area (Å²) in [5.74, 6) is -0.268. The highest BCUT2D eigenvalue weighted by Crippen LogP contribution is 2.61. The number of hydrogen-bond acceptors (Lipinski definition) is 4. The third-order valence-corrected chi connectivity index (χ3v) is 9.40. The zero-order chi connectivity index (χ0) is 22.4. The molecule has 2 spiro atoms. The molecule has 0 saturated heterocycles. The standard InChI is InChI=1S/C27H23FN2O3/c1-12-9-27(12)17-7-20-23-15(10-30(20)24(31)16(17)11-33-25(27)32)22-21-14(3-4-26(22)5-6-26)13(2)18(28)8-19(21)29-23/h7-8,12H,3-6,9-11H2,1-2H3. The molecule has 0 radical (unpaired) electrons. The second-order valence-corrected chi connectivity index (χ2v) is 10.9. The summed E-state index contributed by atoms with van der Waals surface area (Å²) in [6.07, 6.45) is 4.90. The van der Waals surface area contributed by atoms with Crippen LogP contribution in [0.15, 0.2) is 16.9 Å². The van der Waals surface area contributed by atoms with Crippen molar-refractivity contribution in [2.75, 3.05) is 0 Å². The largest absolute Gasteiger partial charge is 0.460 e. The van der Waals surface area contributed by atoms with Crippen molar-refractivity contribution in [3.8, 4) is 11.4 Å². The van der Waals surface area contributed by atoms with Crippen molar-refractivity contribution in [3.63, 3.8) is 0 Å². The molecule has 1 aromatic carbocycles. The van der Waals surface area contributed by atoms with Crippen molar-refractivity contribution >= 4 is 16.9 Å². The van der Waals surface area contributed by atoms with Gasteiger partial charge in [-0.25, -0.2) is 9.37 Å². The molecule has 0 N–H and O–H groups in total. The van der Waals surface area contributed by atoms with E-state index >= 15 is 0 Å². The molecule has 4 heterocycles. The van der Waals surface area contributed by atoms with E-state index in [0.717, 1.165) is 64.7 Å². The average Bonchev–Trinajstić information content (AvgIpc) is 3.67. The number of carbonyl (C=O) groups excluding carboxylic acids is 1. The minimum atomic E-state index is -0.690. The number of benzene rings is 1. The van der Waals surface area contributed by atoms with Crippen molar-refractivity contribution < 1.29 is 13.9 Å². The topological polar surface area (TPSA) is 61.2 Å². The summed E-state index contributed by atoms with van der Waals surface area (Å²) in [7, 11) is 0. The molecule has 33 heavy (non-hydrogen) atoms. The van der Waals surface area contributed by atoms with Crippen LogP contribution in [0.2, 0.25) is 0 Å². The Morgan fingerprint density at radius 2 is 1.94 bits per heavy atom. The first-order chi connectivity index (χ1) is 15.9. The number of nitrogens with zero attached hydrogens (tertiary/aromatic N) is 2. The number of aromatic nitrogens is 2. The first-order valence-corrected chi connectivity index (χ1v) is 12.0. The highest BCUT2D eigenvalue weighted by atomic mass is 19.1. The number of pyridine rings is 2. The van der Waals surface area contributed by atoms with Crippen LogP contribution in [0, 0.1) is 18.7 Å². The summed E-state index contributed by atoms with van der Waals surface area (Å²) in [5, 5.41) is 1.12. The monoisotopic (exact) mass is 442 g/mol. The Hall–Kier alpha value is -3.02. The smallest absolute Gasteiger partial charge is 0.317 e. The van der Waals surface area contributed by atoms with Crippen LogP contribution in [0.5, 0.6) is 0 Å². The average molecular weight is 442 g/mol. The Balaban J connectivity index is 1.47. The molecule has 2 aliphatic heterocycles. The minimum Gasteiger partial charge on any atom is -0.460 e. The van der Waals surface area contributed by atoms with Crippen LogP contribution in [0.4, 0.5) is 4.39 Å². The molecule has 3 aliphatic carbocycles. The maximum atomic E-state index is 14.8. The van der Waals surface area contributed by atoms with E-state index in [4.69, 9.17) is 9.72 Å². The lowest BCUT2D eigenvalue weighted by Crippen LogP contribution is -2.37. The number of aryl methyl sites for hydroxylation is 1.